The summed E-state index contributed by atoms with van der Waals surface area (Å²) in [5.41, 5.74) is 0.922. The number of aromatic nitrogens is 1. The van der Waals surface area contributed by atoms with Crippen molar-refractivity contribution in [3.05, 3.63) is 18.3 Å². The highest BCUT2D eigenvalue weighted by Gasteiger charge is 2.16. The molecule has 0 radical (unpaired) electrons. The third-order valence-corrected chi connectivity index (χ3v) is 2.80. The van der Waals surface area contributed by atoms with Crippen molar-refractivity contribution in [3.63, 3.8) is 0 Å². The van der Waals surface area contributed by atoms with E-state index in [-0.39, 0.29) is 11.9 Å². The molecule has 92 valence electrons. The number of rotatable bonds is 3. The highest BCUT2D eigenvalue weighted by molar-refractivity contribution is 5.77. The Hall–Kier alpha value is -1.78. The molecule has 1 amide bonds. The zero-order valence-electron chi connectivity index (χ0n) is 9.90. The number of anilines is 1. The Morgan fingerprint density at radius 3 is 3.12 bits per heavy atom. The standard InChI is InChI=1S/C12H17N3O2/c1-17-12-5-4-10(8-14-12)15-9-3-2-6-13-11(16)7-9/h4-5,8-9,15H,2-3,6-7H2,1H3,(H,13,16). The number of nitrogens with zero attached hydrogens (tertiary/aromatic N) is 1. The normalized spacial score (nSPS) is 20.3. The average Bonchev–Trinajstić information content (AvgIpc) is 2.55. The van der Waals surface area contributed by atoms with E-state index in [1.807, 2.05) is 6.07 Å². The summed E-state index contributed by atoms with van der Waals surface area (Å²) >= 11 is 0. The van der Waals surface area contributed by atoms with Gasteiger partial charge in [0.25, 0.3) is 0 Å². The lowest BCUT2D eigenvalue weighted by atomic mass is 10.1. The van der Waals surface area contributed by atoms with Crippen LogP contribution in [0.3, 0.4) is 0 Å². The molecule has 1 aliphatic rings. The maximum atomic E-state index is 11.4. The first kappa shape index (κ1) is 11.7. The van der Waals surface area contributed by atoms with Crippen molar-refractivity contribution in [2.45, 2.75) is 25.3 Å². The second-order valence-corrected chi connectivity index (χ2v) is 4.13. The van der Waals surface area contributed by atoms with Gasteiger partial charge in [0.05, 0.1) is 19.0 Å². The first-order chi connectivity index (χ1) is 8.28. The summed E-state index contributed by atoms with van der Waals surface area (Å²) in [4.78, 5) is 15.5. The van der Waals surface area contributed by atoms with Crippen LogP contribution in [-0.4, -0.2) is 30.6 Å². The van der Waals surface area contributed by atoms with Crippen molar-refractivity contribution in [1.29, 1.82) is 0 Å². The maximum Gasteiger partial charge on any atom is 0.222 e. The molecule has 1 aliphatic heterocycles. The maximum absolute atomic E-state index is 11.4. The van der Waals surface area contributed by atoms with Gasteiger partial charge in [-0.15, -0.1) is 0 Å². The number of nitrogens with one attached hydrogen (secondary N) is 2. The van der Waals surface area contributed by atoms with Crippen molar-refractivity contribution >= 4 is 11.6 Å². The van der Waals surface area contributed by atoms with Crippen LogP contribution in [0.4, 0.5) is 5.69 Å². The molecule has 0 spiro atoms. The van der Waals surface area contributed by atoms with Gasteiger partial charge in [-0.3, -0.25) is 4.79 Å². The van der Waals surface area contributed by atoms with E-state index in [1.54, 1.807) is 19.4 Å². The summed E-state index contributed by atoms with van der Waals surface area (Å²) in [6.07, 6.45) is 4.24. The molecule has 1 aromatic rings. The van der Waals surface area contributed by atoms with Crippen LogP contribution in [0.5, 0.6) is 5.88 Å². The second-order valence-electron chi connectivity index (χ2n) is 4.13. The molecule has 2 rings (SSSR count). The van der Waals surface area contributed by atoms with Gasteiger partial charge in [-0.2, -0.15) is 0 Å². The van der Waals surface area contributed by atoms with Crippen LogP contribution in [0.2, 0.25) is 0 Å². The van der Waals surface area contributed by atoms with E-state index in [9.17, 15) is 4.79 Å². The third kappa shape index (κ3) is 3.34. The Bertz CT molecular complexity index is 378. The van der Waals surface area contributed by atoms with Gasteiger partial charge >= 0.3 is 0 Å². The Morgan fingerprint density at radius 1 is 1.53 bits per heavy atom. The number of hydrogen-bond donors (Lipinski definition) is 2. The molecule has 17 heavy (non-hydrogen) atoms. The molecular formula is C12H17N3O2. The number of amides is 1. The minimum atomic E-state index is 0.112. The van der Waals surface area contributed by atoms with Crippen LogP contribution in [-0.2, 0) is 4.79 Å². The van der Waals surface area contributed by atoms with E-state index in [4.69, 9.17) is 4.74 Å². The van der Waals surface area contributed by atoms with Crippen LogP contribution in [0.25, 0.3) is 0 Å². The summed E-state index contributed by atoms with van der Waals surface area (Å²) in [5, 5.41) is 6.19. The Kier molecular flexibility index (Phi) is 3.80. The molecule has 0 bridgehead atoms. The zero-order chi connectivity index (χ0) is 12.1. The van der Waals surface area contributed by atoms with Gasteiger partial charge in [-0.25, -0.2) is 4.98 Å². The number of hydrogen-bond acceptors (Lipinski definition) is 4. The summed E-state index contributed by atoms with van der Waals surface area (Å²) in [6.45, 7) is 0.776. The quantitative estimate of drug-likeness (QED) is 0.825. The van der Waals surface area contributed by atoms with Gasteiger partial charge in [0.2, 0.25) is 11.8 Å². The monoisotopic (exact) mass is 235 g/mol. The SMILES string of the molecule is COc1ccc(NC2CCCNC(=O)C2)cn1. The number of methoxy groups -OCH3 is 1. The fourth-order valence-corrected chi connectivity index (χ4v) is 1.92. The van der Waals surface area contributed by atoms with Crippen molar-refractivity contribution in [1.82, 2.24) is 10.3 Å². The summed E-state index contributed by atoms with van der Waals surface area (Å²) in [5.74, 6) is 0.704. The van der Waals surface area contributed by atoms with Crippen molar-refractivity contribution < 1.29 is 9.53 Å². The first-order valence-electron chi connectivity index (χ1n) is 5.81. The smallest absolute Gasteiger partial charge is 0.222 e. The van der Waals surface area contributed by atoms with E-state index in [0.29, 0.717) is 12.3 Å². The molecule has 2 N–H and O–H groups in total. The minimum absolute atomic E-state index is 0.112. The molecule has 1 saturated heterocycles. The molecule has 0 aliphatic carbocycles. The molecule has 0 saturated carbocycles. The van der Waals surface area contributed by atoms with Crippen LogP contribution >= 0.6 is 0 Å². The van der Waals surface area contributed by atoms with Crippen LogP contribution in [0, 0.1) is 0 Å². The number of carbonyl (C=O) groups is 1. The lowest BCUT2D eigenvalue weighted by molar-refractivity contribution is -0.120. The molecule has 1 fully saturated rings. The van der Waals surface area contributed by atoms with Crippen LogP contribution in [0.1, 0.15) is 19.3 Å². The largest absolute Gasteiger partial charge is 0.481 e. The van der Waals surface area contributed by atoms with Crippen LogP contribution in [0.15, 0.2) is 18.3 Å². The average molecular weight is 235 g/mol. The molecule has 2 heterocycles. The molecular weight excluding hydrogens is 218 g/mol. The van der Waals surface area contributed by atoms with Gasteiger partial charge in [0.15, 0.2) is 0 Å². The predicted molar refractivity (Wildman–Crippen MR) is 65.1 cm³/mol. The number of pyridine rings is 1. The van der Waals surface area contributed by atoms with Crippen molar-refractivity contribution in [3.8, 4) is 5.88 Å². The molecule has 1 aromatic heterocycles. The summed E-state index contributed by atoms with van der Waals surface area (Å²) in [6, 6.07) is 3.90. The minimum Gasteiger partial charge on any atom is -0.481 e. The molecule has 1 atom stereocenters. The molecule has 5 nitrogen and oxygen atoms in total. The molecule has 0 aromatic carbocycles. The van der Waals surface area contributed by atoms with Gasteiger partial charge in [-0.05, 0) is 18.9 Å². The highest BCUT2D eigenvalue weighted by atomic mass is 16.5. The van der Waals surface area contributed by atoms with Gasteiger partial charge < -0.3 is 15.4 Å². The van der Waals surface area contributed by atoms with E-state index in [0.717, 1.165) is 25.1 Å². The molecule has 1 unspecified atom stereocenters. The summed E-state index contributed by atoms with van der Waals surface area (Å²) < 4.78 is 4.99. The highest BCUT2D eigenvalue weighted by Crippen LogP contribution is 2.16. The van der Waals surface area contributed by atoms with Gasteiger partial charge in [0, 0.05) is 25.1 Å². The Labute approximate surface area is 101 Å². The fourth-order valence-electron chi connectivity index (χ4n) is 1.92. The Morgan fingerprint density at radius 2 is 2.41 bits per heavy atom. The van der Waals surface area contributed by atoms with E-state index >= 15 is 0 Å². The van der Waals surface area contributed by atoms with E-state index < -0.39 is 0 Å². The second kappa shape index (κ2) is 5.52. The van der Waals surface area contributed by atoms with E-state index in [1.165, 1.54) is 0 Å². The van der Waals surface area contributed by atoms with Gasteiger partial charge in [0.1, 0.15) is 0 Å². The third-order valence-electron chi connectivity index (χ3n) is 2.80. The number of ether oxygens (including phenoxy) is 1. The topological polar surface area (TPSA) is 63.2 Å². The summed E-state index contributed by atoms with van der Waals surface area (Å²) in [7, 11) is 1.59. The lowest BCUT2D eigenvalue weighted by Crippen LogP contribution is -2.26. The molecule has 5 heteroatoms. The van der Waals surface area contributed by atoms with Crippen molar-refractivity contribution in [2.75, 3.05) is 19.0 Å². The fraction of sp³-hybridized carbons (Fsp3) is 0.500. The van der Waals surface area contributed by atoms with Crippen LogP contribution < -0.4 is 15.4 Å². The van der Waals surface area contributed by atoms with Gasteiger partial charge in [-0.1, -0.05) is 0 Å². The lowest BCUT2D eigenvalue weighted by Gasteiger charge is -2.16. The first-order valence-corrected chi connectivity index (χ1v) is 5.81. The zero-order valence-corrected chi connectivity index (χ0v) is 9.90. The van der Waals surface area contributed by atoms with E-state index in [2.05, 4.69) is 15.6 Å². The Balaban J connectivity index is 1.96. The predicted octanol–water partition coefficient (Wildman–Crippen LogP) is 1.17. The number of carbonyl (C=O) groups excluding carboxylic acids is 1. The van der Waals surface area contributed by atoms with Crippen molar-refractivity contribution in [2.24, 2.45) is 0 Å².